The summed E-state index contributed by atoms with van der Waals surface area (Å²) in [7, 11) is 2.62. The third kappa shape index (κ3) is 4.19. The maximum absolute atomic E-state index is 14.0. The third-order valence-corrected chi connectivity index (χ3v) is 6.14. The number of hydrogen-bond acceptors (Lipinski definition) is 5. The van der Waals surface area contributed by atoms with Crippen molar-refractivity contribution in [3.05, 3.63) is 93.0 Å². The minimum atomic E-state index is -1.22. The Balaban J connectivity index is 2.02. The molecule has 0 aliphatic carbocycles. The number of aliphatic hydroxyl groups is 1. The molecule has 0 saturated carbocycles. The van der Waals surface area contributed by atoms with Gasteiger partial charge in [0.2, 0.25) is 0 Å². The molecule has 4 rings (SSSR count). The molecule has 1 saturated heterocycles. The SMILES string of the molecule is COc1c(Cl)cc(/C(O)=C2\C(=O)C(=O)N(c3cccc(F)c3)C2c2ccc(F)cc2)c(OC)c1Cl. The van der Waals surface area contributed by atoms with Crippen molar-refractivity contribution in [2.75, 3.05) is 19.1 Å². The molecule has 1 heterocycles. The van der Waals surface area contributed by atoms with E-state index >= 15 is 0 Å². The van der Waals surface area contributed by atoms with Crippen molar-refractivity contribution in [2.24, 2.45) is 0 Å². The highest BCUT2D eigenvalue weighted by atomic mass is 35.5. The van der Waals surface area contributed by atoms with Crippen LogP contribution >= 0.6 is 23.2 Å². The lowest BCUT2D eigenvalue weighted by Crippen LogP contribution is -2.29. The molecule has 1 aliphatic heterocycles. The average molecular weight is 520 g/mol. The van der Waals surface area contributed by atoms with Crippen LogP contribution in [-0.4, -0.2) is 31.0 Å². The van der Waals surface area contributed by atoms with E-state index in [0.717, 1.165) is 23.1 Å². The third-order valence-electron chi connectivity index (χ3n) is 5.51. The van der Waals surface area contributed by atoms with E-state index in [0.29, 0.717) is 5.56 Å². The van der Waals surface area contributed by atoms with Gasteiger partial charge < -0.3 is 14.6 Å². The molecule has 10 heteroatoms. The molecule has 0 spiro atoms. The molecule has 1 amide bonds. The summed E-state index contributed by atoms with van der Waals surface area (Å²) in [6.45, 7) is 0. The van der Waals surface area contributed by atoms with E-state index in [2.05, 4.69) is 0 Å². The Morgan fingerprint density at radius 2 is 1.60 bits per heavy atom. The molecule has 35 heavy (non-hydrogen) atoms. The van der Waals surface area contributed by atoms with E-state index < -0.39 is 35.1 Å². The first-order valence-electron chi connectivity index (χ1n) is 10.1. The van der Waals surface area contributed by atoms with Gasteiger partial charge in [-0.05, 0) is 42.0 Å². The lowest BCUT2D eigenvalue weighted by Gasteiger charge is -2.25. The number of nitrogens with zero attached hydrogens (tertiary/aromatic N) is 1. The topological polar surface area (TPSA) is 76.1 Å². The van der Waals surface area contributed by atoms with Crippen LogP contribution in [0.15, 0.2) is 60.2 Å². The molecule has 0 radical (unpaired) electrons. The fraction of sp³-hybridized carbons (Fsp3) is 0.120. The first-order chi connectivity index (χ1) is 16.7. The van der Waals surface area contributed by atoms with Gasteiger partial charge in [-0.25, -0.2) is 8.78 Å². The lowest BCUT2D eigenvalue weighted by atomic mass is 9.94. The van der Waals surface area contributed by atoms with Crippen molar-refractivity contribution in [2.45, 2.75) is 6.04 Å². The van der Waals surface area contributed by atoms with Gasteiger partial charge >= 0.3 is 0 Å². The second kappa shape index (κ2) is 9.56. The zero-order valence-electron chi connectivity index (χ0n) is 18.3. The summed E-state index contributed by atoms with van der Waals surface area (Å²) in [6, 6.07) is 10.1. The van der Waals surface area contributed by atoms with Gasteiger partial charge in [-0.2, -0.15) is 0 Å². The number of hydrogen-bond donors (Lipinski definition) is 1. The van der Waals surface area contributed by atoms with E-state index in [-0.39, 0.29) is 38.4 Å². The summed E-state index contributed by atoms with van der Waals surface area (Å²) in [6.07, 6.45) is 0. The fourth-order valence-corrected chi connectivity index (χ4v) is 4.66. The van der Waals surface area contributed by atoms with E-state index in [9.17, 15) is 23.5 Å². The highest BCUT2D eigenvalue weighted by Crippen LogP contribution is 2.48. The lowest BCUT2D eigenvalue weighted by molar-refractivity contribution is -0.132. The van der Waals surface area contributed by atoms with Crippen LogP contribution in [0.4, 0.5) is 14.5 Å². The molecule has 1 fully saturated rings. The van der Waals surface area contributed by atoms with Crippen LogP contribution in [0.25, 0.3) is 5.76 Å². The molecular formula is C25H17Cl2F2NO5. The van der Waals surface area contributed by atoms with Crippen molar-refractivity contribution in [1.82, 2.24) is 0 Å². The summed E-state index contributed by atoms with van der Waals surface area (Å²) in [4.78, 5) is 27.4. The molecule has 1 aliphatic rings. The molecule has 1 atom stereocenters. The van der Waals surface area contributed by atoms with Crippen molar-refractivity contribution in [3.63, 3.8) is 0 Å². The van der Waals surface area contributed by atoms with Crippen LogP contribution in [0, 0.1) is 11.6 Å². The number of aliphatic hydroxyl groups excluding tert-OH is 1. The summed E-state index contributed by atoms with van der Waals surface area (Å²) in [5.41, 5.74) is -0.0616. The van der Waals surface area contributed by atoms with Crippen molar-refractivity contribution < 1.29 is 33.0 Å². The number of amides is 1. The smallest absolute Gasteiger partial charge is 0.300 e. The second-order valence-corrected chi connectivity index (χ2v) is 8.27. The predicted octanol–water partition coefficient (Wildman–Crippen LogP) is 5.92. The average Bonchev–Trinajstić information content (AvgIpc) is 3.09. The number of carbonyl (C=O) groups is 2. The molecular weight excluding hydrogens is 503 g/mol. The van der Waals surface area contributed by atoms with Crippen LogP contribution in [0.3, 0.4) is 0 Å². The number of rotatable bonds is 5. The fourth-order valence-electron chi connectivity index (χ4n) is 3.98. The molecule has 180 valence electrons. The summed E-state index contributed by atoms with van der Waals surface area (Å²) >= 11 is 12.6. The van der Waals surface area contributed by atoms with E-state index in [1.807, 2.05) is 0 Å². The Morgan fingerprint density at radius 3 is 2.20 bits per heavy atom. The quantitative estimate of drug-likeness (QED) is 0.257. The Bertz CT molecular complexity index is 1380. The van der Waals surface area contributed by atoms with Crippen LogP contribution < -0.4 is 14.4 Å². The van der Waals surface area contributed by atoms with Gasteiger partial charge in [0.15, 0.2) is 11.5 Å². The number of halogens is 4. The molecule has 3 aromatic rings. The van der Waals surface area contributed by atoms with Gasteiger partial charge in [-0.3, -0.25) is 14.5 Å². The molecule has 0 bridgehead atoms. The maximum atomic E-state index is 14.0. The summed E-state index contributed by atoms with van der Waals surface area (Å²) in [5, 5.41) is 11.3. The van der Waals surface area contributed by atoms with E-state index in [1.165, 1.54) is 50.6 Å². The van der Waals surface area contributed by atoms with Crippen LogP contribution in [0.2, 0.25) is 10.0 Å². The van der Waals surface area contributed by atoms with Crippen LogP contribution in [0.5, 0.6) is 11.5 Å². The Morgan fingerprint density at radius 1 is 0.943 bits per heavy atom. The van der Waals surface area contributed by atoms with Gasteiger partial charge in [-0.1, -0.05) is 41.4 Å². The van der Waals surface area contributed by atoms with Crippen molar-refractivity contribution >= 4 is 46.3 Å². The second-order valence-electron chi connectivity index (χ2n) is 7.49. The first kappa shape index (κ1) is 24.5. The molecule has 1 unspecified atom stereocenters. The highest BCUT2D eigenvalue weighted by molar-refractivity contribution is 6.52. The minimum Gasteiger partial charge on any atom is -0.507 e. The summed E-state index contributed by atoms with van der Waals surface area (Å²) in [5.74, 6) is -3.87. The van der Waals surface area contributed by atoms with Crippen LogP contribution in [0.1, 0.15) is 17.2 Å². The zero-order chi connectivity index (χ0) is 25.4. The van der Waals surface area contributed by atoms with Gasteiger partial charge in [0.1, 0.15) is 22.4 Å². The number of benzene rings is 3. The normalized spacial score (nSPS) is 17.1. The van der Waals surface area contributed by atoms with Gasteiger partial charge in [0, 0.05) is 5.69 Å². The summed E-state index contributed by atoms with van der Waals surface area (Å²) < 4.78 is 38.2. The number of anilines is 1. The predicted molar refractivity (Wildman–Crippen MR) is 127 cm³/mol. The van der Waals surface area contributed by atoms with Gasteiger partial charge in [0.05, 0.1) is 36.4 Å². The molecule has 1 N–H and O–H groups in total. The molecule has 6 nitrogen and oxygen atoms in total. The Kier molecular flexibility index (Phi) is 6.69. The number of methoxy groups -OCH3 is 2. The van der Waals surface area contributed by atoms with Crippen molar-refractivity contribution in [1.29, 1.82) is 0 Å². The minimum absolute atomic E-state index is 0.0116. The largest absolute Gasteiger partial charge is 0.507 e. The standard InChI is InChI=1S/C25H17Cl2F2NO5/c1-34-23-16(11-17(26)24(35-2)19(23)27)21(31)18-20(12-6-8-13(28)9-7-12)30(25(33)22(18)32)15-5-3-4-14(29)10-15/h3-11,20,31H,1-2H3/b21-18+. The van der Waals surface area contributed by atoms with Crippen LogP contribution in [-0.2, 0) is 9.59 Å². The monoisotopic (exact) mass is 519 g/mol. The molecule has 0 aromatic heterocycles. The van der Waals surface area contributed by atoms with E-state index in [4.69, 9.17) is 32.7 Å². The zero-order valence-corrected chi connectivity index (χ0v) is 19.8. The number of Topliss-reactive ketones (excluding diaryl/α,β-unsaturated/α-hetero) is 1. The van der Waals surface area contributed by atoms with Gasteiger partial charge in [0.25, 0.3) is 11.7 Å². The maximum Gasteiger partial charge on any atom is 0.300 e. The Hall–Kier alpha value is -3.62. The van der Waals surface area contributed by atoms with Gasteiger partial charge in [-0.15, -0.1) is 0 Å². The highest BCUT2D eigenvalue weighted by Gasteiger charge is 2.47. The number of carbonyl (C=O) groups excluding carboxylic acids is 2. The van der Waals surface area contributed by atoms with E-state index in [1.54, 1.807) is 0 Å². The number of ketones is 1. The number of ether oxygens (including phenoxy) is 2. The molecule has 3 aromatic carbocycles. The van der Waals surface area contributed by atoms with Crippen molar-refractivity contribution in [3.8, 4) is 11.5 Å². The Labute approximate surface area is 208 Å². The first-order valence-corrected chi connectivity index (χ1v) is 10.9.